The van der Waals surface area contributed by atoms with Crippen LogP contribution in [-0.2, 0) is 0 Å². The summed E-state index contributed by atoms with van der Waals surface area (Å²) in [5.74, 6) is 0. The molecule has 1 aliphatic carbocycles. The van der Waals surface area contributed by atoms with Gasteiger partial charge in [-0.05, 0) is 32.4 Å². The second-order valence-corrected chi connectivity index (χ2v) is 5.99. The van der Waals surface area contributed by atoms with E-state index in [0.29, 0.717) is 0 Å². The quantitative estimate of drug-likeness (QED) is 0.459. The Kier molecular flexibility index (Phi) is 10.5. The van der Waals surface area contributed by atoms with E-state index >= 15 is 0 Å². The van der Waals surface area contributed by atoms with E-state index < -0.39 is 0 Å². The van der Waals surface area contributed by atoms with Crippen molar-refractivity contribution >= 4 is 27.6 Å². The Morgan fingerprint density at radius 2 is 1.50 bits per heavy atom. The van der Waals surface area contributed by atoms with Crippen LogP contribution < -0.4 is 5.32 Å². The molecule has 0 aliphatic heterocycles. The van der Waals surface area contributed by atoms with Gasteiger partial charge in [0.15, 0.2) is 5.58 Å². The highest BCUT2D eigenvalue weighted by molar-refractivity contribution is 6.08. The molecule has 0 radical (unpaired) electrons. The summed E-state index contributed by atoms with van der Waals surface area (Å²) >= 11 is 0. The van der Waals surface area contributed by atoms with Crippen LogP contribution in [0.15, 0.2) is 82.3 Å². The van der Waals surface area contributed by atoms with Gasteiger partial charge in [-0.2, -0.15) is 0 Å². The summed E-state index contributed by atoms with van der Waals surface area (Å²) in [6.45, 7) is 12.3. The van der Waals surface area contributed by atoms with E-state index in [1.165, 1.54) is 16.5 Å². The van der Waals surface area contributed by atoms with Crippen molar-refractivity contribution in [2.45, 2.75) is 48.0 Å². The van der Waals surface area contributed by atoms with Crippen LogP contribution in [0, 0.1) is 0 Å². The molecule has 1 N–H and O–H groups in total. The van der Waals surface area contributed by atoms with Crippen LogP contribution in [0.1, 0.15) is 48.0 Å². The van der Waals surface area contributed by atoms with Crippen LogP contribution >= 0.6 is 0 Å². The molecule has 28 heavy (non-hydrogen) atoms. The third-order valence-corrected chi connectivity index (χ3v) is 4.36. The number of fused-ring (bicyclic) bond motifs is 3. The summed E-state index contributed by atoms with van der Waals surface area (Å²) in [6, 6.07) is 14.2. The molecular formula is C26H35NO. The molecule has 0 bridgehead atoms. The molecule has 1 heterocycles. The van der Waals surface area contributed by atoms with Crippen molar-refractivity contribution in [1.82, 2.24) is 0 Å². The second-order valence-electron chi connectivity index (χ2n) is 5.99. The number of allylic oxidation sites excluding steroid dienone is 6. The number of para-hydroxylation sites is 2. The maximum Gasteiger partial charge on any atom is 0.158 e. The third-order valence-electron chi connectivity index (χ3n) is 4.36. The zero-order valence-electron chi connectivity index (χ0n) is 18.5. The first-order valence-corrected chi connectivity index (χ1v) is 10.3. The summed E-state index contributed by atoms with van der Waals surface area (Å²) in [4.78, 5) is 0. The van der Waals surface area contributed by atoms with Crippen molar-refractivity contribution in [2.24, 2.45) is 0 Å². The van der Waals surface area contributed by atoms with Crippen LogP contribution in [0.3, 0.4) is 0 Å². The minimum absolute atomic E-state index is 0.932. The number of hydrogen-bond donors (Lipinski definition) is 1. The third kappa shape index (κ3) is 5.88. The van der Waals surface area contributed by atoms with Crippen molar-refractivity contribution < 1.29 is 4.42 Å². The Morgan fingerprint density at radius 3 is 2.21 bits per heavy atom. The summed E-state index contributed by atoms with van der Waals surface area (Å²) in [6.07, 6.45) is 9.63. The number of nitrogens with one attached hydrogen (secondary N) is 1. The van der Waals surface area contributed by atoms with Gasteiger partial charge in [0.05, 0.1) is 5.69 Å². The van der Waals surface area contributed by atoms with E-state index in [1.54, 1.807) is 0 Å². The molecule has 3 aromatic rings. The lowest BCUT2D eigenvalue weighted by Gasteiger charge is -1.98. The molecule has 0 unspecified atom stereocenters. The number of anilines is 1. The molecule has 1 aromatic heterocycles. The van der Waals surface area contributed by atoms with Crippen molar-refractivity contribution in [2.75, 3.05) is 12.4 Å². The Labute approximate surface area is 170 Å². The van der Waals surface area contributed by atoms with Gasteiger partial charge >= 0.3 is 0 Å². The zero-order valence-corrected chi connectivity index (χ0v) is 18.5. The summed E-state index contributed by atoms with van der Waals surface area (Å²) in [7, 11) is 1.90. The first-order chi connectivity index (χ1) is 13.7. The Bertz CT molecular complexity index is 941. The molecule has 150 valence electrons. The lowest BCUT2D eigenvalue weighted by Crippen LogP contribution is -1.86. The first kappa shape index (κ1) is 23.3. The number of rotatable bonds is 1. The van der Waals surface area contributed by atoms with E-state index in [2.05, 4.69) is 55.6 Å². The number of benzene rings is 2. The molecule has 0 fully saturated rings. The highest BCUT2D eigenvalue weighted by Gasteiger charge is 2.08. The lowest BCUT2D eigenvalue weighted by atomic mass is 10.1. The minimum atomic E-state index is 0.932. The van der Waals surface area contributed by atoms with Gasteiger partial charge in [-0.25, -0.2) is 0 Å². The van der Waals surface area contributed by atoms with Gasteiger partial charge in [-0.3, -0.25) is 0 Å². The van der Waals surface area contributed by atoms with Crippen LogP contribution in [0.5, 0.6) is 0 Å². The van der Waals surface area contributed by atoms with Gasteiger partial charge in [-0.15, -0.1) is 0 Å². The number of furan rings is 1. The van der Waals surface area contributed by atoms with Gasteiger partial charge in [0, 0.05) is 17.8 Å². The average Bonchev–Trinajstić information content (AvgIpc) is 3.05. The summed E-state index contributed by atoms with van der Waals surface area (Å²) in [5, 5.41) is 5.47. The van der Waals surface area contributed by atoms with Gasteiger partial charge in [0.1, 0.15) is 5.58 Å². The molecular weight excluding hydrogens is 342 g/mol. The van der Waals surface area contributed by atoms with Crippen molar-refractivity contribution in [3.05, 3.63) is 77.9 Å². The SMILES string of the molecule is CC.CC.CC1=C(C)CC=CC=C1.CNc1cccc2c1oc1ccccc12. The predicted octanol–water partition coefficient (Wildman–Crippen LogP) is 8.52. The van der Waals surface area contributed by atoms with Crippen LogP contribution in [0.4, 0.5) is 5.69 Å². The minimum Gasteiger partial charge on any atom is -0.454 e. The largest absolute Gasteiger partial charge is 0.454 e. The zero-order chi connectivity index (χ0) is 20.9. The topological polar surface area (TPSA) is 25.2 Å². The standard InChI is InChI=1S/C13H11NO.C9H12.2C2H6/c1-14-11-7-4-6-10-9-5-2-3-8-12(9)15-13(10)11;1-8-6-4-3-5-7-9(8)2;2*1-2/h2-8,14H,1H3;3-6H,7H2,1-2H3;2*1-2H3. The van der Waals surface area contributed by atoms with E-state index in [-0.39, 0.29) is 0 Å². The Balaban J connectivity index is 0.000000260. The van der Waals surface area contributed by atoms with Crippen LogP contribution in [0.2, 0.25) is 0 Å². The van der Waals surface area contributed by atoms with Crippen LogP contribution in [-0.4, -0.2) is 7.05 Å². The predicted molar refractivity (Wildman–Crippen MR) is 127 cm³/mol. The number of hydrogen-bond acceptors (Lipinski definition) is 2. The molecule has 4 rings (SSSR count). The average molecular weight is 378 g/mol. The normalized spacial score (nSPS) is 12.2. The van der Waals surface area contributed by atoms with E-state index in [9.17, 15) is 0 Å². The fourth-order valence-corrected chi connectivity index (χ4v) is 2.77. The molecule has 2 heteroatoms. The van der Waals surface area contributed by atoms with E-state index in [0.717, 1.165) is 28.7 Å². The van der Waals surface area contributed by atoms with E-state index in [4.69, 9.17) is 4.42 Å². The molecule has 2 nitrogen and oxygen atoms in total. The van der Waals surface area contributed by atoms with Crippen molar-refractivity contribution in [3.63, 3.8) is 0 Å². The Morgan fingerprint density at radius 1 is 0.821 bits per heavy atom. The lowest BCUT2D eigenvalue weighted by molar-refractivity contribution is 0.670. The smallest absolute Gasteiger partial charge is 0.158 e. The molecule has 0 amide bonds. The summed E-state index contributed by atoms with van der Waals surface area (Å²) in [5.41, 5.74) is 5.78. The monoisotopic (exact) mass is 377 g/mol. The highest BCUT2D eigenvalue weighted by Crippen LogP contribution is 2.32. The fourth-order valence-electron chi connectivity index (χ4n) is 2.77. The van der Waals surface area contributed by atoms with Gasteiger partial charge in [0.25, 0.3) is 0 Å². The molecule has 0 saturated carbocycles. The van der Waals surface area contributed by atoms with Crippen LogP contribution in [0.25, 0.3) is 21.9 Å². The maximum atomic E-state index is 5.81. The van der Waals surface area contributed by atoms with Gasteiger partial charge < -0.3 is 9.73 Å². The second kappa shape index (κ2) is 12.6. The van der Waals surface area contributed by atoms with Gasteiger partial charge in [-0.1, -0.05) is 93.5 Å². The molecule has 0 atom stereocenters. The molecule has 1 aliphatic rings. The molecule has 0 spiro atoms. The van der Waals surface area contributed by atoms with E-state index in [1.807, 2.05) is 65.1 Å². The first-order valence-electron chi connectivity index (χ1n) is 10.3. The summed E-state index contributed by atoms with van der Waals surface area (Å²) < 4.78 is 5.81. The molecule has 2 aromatic carbocycles. The highest BCUT2D eigenvalue weighted by atomic mass is 16.3. The van der Waals surface area contributed by atoms with Crippen molar-refractivity contribution in [3.8, 4) is 0 Å². The Hall–Kier alpha value is -2.74. The molecule has 0 saturated heterocycles. The maximum absolute atomic E-state index is 5.81. The van der Waals surface area contributed by atoms with Gasteiger partial charge in [0.2, 0.25) is 0 Å². The fraction of sp³-hybridized carbons (Fsp3) is 0.308. The van der Waals surface area contributed by atoms with Crippen molar-refractivity contribution in [1.29, 1.82) is 0 Å².